The van der Waals surface area contributed by atoms with Crippen molar-refractivity contribution in [3.05, 3.63) is 30.3 Å². The van der Waals surface area contributed by atoms with E-state index in [1.165, 1.54) is 11.3 Å². The van der Waals surface area contributed by atoms with Crippen LogP contribution < -0.4 is 5.32 Å². The Labute approximate surface area is 182 Å². The number of nitrogens with zero attached hydrogens (tertiary/aromatic N) is 2. The molecule has 1 aromatic rings. The summed E-state index contributed by atoms with van der Waals surface area (Å²) in [4.78, 5) is 8.08. The van der Waals surface area contributed by atoms with Crippen LogP contribution in [0.2, 0.25) is 0 Å². The van der Waals surface area contributed by atoms with Crippen molar-refractivity contribution in [3.63, 3.8) is 0 Å². The van der Waals surface area contributed by atoms with Crippen LogP contribution in [-0.2, 0) is 10.8 Å². The second-order valence-electron chi connectivity index (χ2n) is 7.36. The fourth-order valence-electron chi connectivity index (χ4n) is 2.79. The van der Waals surface area contributed by atoms with Crippen molar-refractivity contribution < 1.29 is 4.21 Å². The number of likely N-dealkylation sites (tertiary alicyclic amines) is 1. The molecule has 26 heavy (non-hydrogen) atoms. The van der Waals surface area contributed by atoms with Crippen molar-refractivity contribution in [2.45, 2.75) is 36.8 Å². The Morgan fingerprint density at radius 1 is 1.35 bits per heavy atom. The van der Waals surface area contributed by atoms with E-state index in [9.17, 15) is 4.21 Å². The molecule has 0 aliphatic carbocycles. The van der Waals surface area contributed by atoms with E-state index in [1.807, 2.05) is 39.6 Å². The van der Waals surface area contributed by atoms with Crippen LogP contribution in [0.1, 0.15) is 27.2 Å². The normalized spacial score (nSPS) is 19.2. The molecule has 0 saturated carbocycles. The molecule has 0 spiro atoms. The van der Waals surface area contributed by atoms with Crippen molar-refractivity contribution in [1.82, 2.24) is 10.2 Å². The molecule has 1 fully saturated rings. The first kappa shape index (κ1) is 23.8. The maximum atomic E-state index is 12.1. The zero-order chi connectivity index (χ0) is 18.3. The van der Waals surface area contributed by atoms with Gasteiger partial charge in [0.15, 0.2) is 5.96 Å². The lowest BCUT2D eigenvalue weighted by Gasteiger charge is -2.23. The van der Waals surface area contributed by atoms with Crippen LogP contribution in [0.25, 0.3) is 0 Å². The third-order valence-electron chi connectivity index (χ3n) is 4.28. The number of hydrogen-bond acceptors (Lipinski definition) is 3. The highest BCUT2D eigenvalue weighted by Crippen LogP contribution is 2.25. The van der Waals surface area contributed by atoms with E-state index < -0.39 is 10.8 Å². The van der Waals surface area contributed by atoms with Crippen LogP contribution in [0.5, 0.6) is 0 Å². The summed E-state index contributed by atoms with van der Waals surface area (Å²) in [7, 11) is 1.00. The van der Waals surface area contributed by atoms with E-state index in [0.29, 0.717) is 18.2 Å². The van der Waals surface area contributed by atoms with Gasteiger partial charge in [-0.2, -0.15) is 0 Å². The van der Waals surface area contributed by atoms with Gasteiger partial charge in [0.2, 0.25) is 0 Å². The Morgan fingerprint density at radius 3 is 2.65 bits per heavy atom. The van der Waals surface area contributed by atoms with E-state index in [4.69, 9.17) is 0 Å². The monoisotopic (exact) mass is 509 g/mol. The third-order valence-corrected chi connectivity index (χ3v) is 7.46. The van der Waals surface area contributed by atoms with Crippen LogP contribution >= 0.6 is 35.7 Å². The van der Waals surface area contributed by atoms with E-state index in [2.05, 4.69) is 45.5 Å². The Hall–Kier alpha value is -0.280. The minimum Gasteiger partial charge on any atom is -0.355 e. The van der Waals surface area contributed by atoms with Crippen LogP contribution in [0, 0.1) is 5.92 Å². The highest BCUT2D eigenvalue weighted by Gasteiger charge is 2.25. The number of aliphatic imine (C=N–C) groups is 1. The van der Waals surface area contributed by atoms with Crippen molar-refractivity contribution >= 4 is 52.5 Å². The number of benzene rings is 1. The molecular weight excluding hydrogens is 477 g/mol. The van der Waals surface area contributed by atoms with Gasteiger partial charge < -0.3 is 10.2 Å². The van der Waals surface area contributed by atoms with Gasteiger partial charge in [-0.05, 0) is 45.2 Å². The summed E-state index contributed by atoms with van der Waals surface area (Å²) in [5, 5.41) is 3.38. The molecule has 2 rings (SSSR count). The summed E-state index contributed by atoms with van der Waals surface area (Å²) in [5.74, 6) is 3.43. The van der Waals surface area contributed by atoms with E-state index >= 15 is 0 Å². The van der Waals surface area contributed by atoms with E-state index in [-0.39, 0.29) is 28.7 Å². The first-order valence-electron chi connectivity index (χ1n) is 8.92. The summed E-state index contributed by atoms with van der Waals surface area (Å²) in [6.45, 7) is 8.86. The molecule has 148 valence electrons. The molecule has 0 amide bonds. The molecule has 1 saturated heterocycles. The van der Waals surface area contributed by atoms with Crippen molar-refractivity contribution in [2.75, 3.05) is 38.2 Å². The van der Waals surface area contributed by atoms with Crippen LogP contribution in [0.3, 0.4) is 0 Å². The first-order valence-corrected chi connectivity index (χ1v) is 11.2. The maximum absolute atomic E-state index is 12.1. The van der Waals surface area contributed by atoms with Crippen molar-refractivity contribution in [1.29, 1.82) is 0 Å². The summed E-state index contributed by atoms with van der Waals surface area (Å²) in [6.07, 6.45) is 1.20. The van der Waals surface area contributed by atoms with Gasteiger partial charge in [-0.15, -0.1) is 35.7 Å². The molecule has 0 aromatic heterocycles. The molecule has 1 heterocycles. The van der Waals surface area contributed by atoms with Gasteiger partial charge in [0.1, 0.15) is 0 Å². The summed E-state index contributed by atoms with van der Waals surface area (Å²) in [6, 6.07) is 10.6. The van der Waals surface area contributed by atoms with E-state index in [0.717, 1.165) is 24.8 Å². The lowest BCUT2D eigenvalue weighted by molar-refractivity contribution is 0.476. The average molecular weight is 510 g/mol. The Bertz CT molecular complexity index is 590. The number of hydrogen-bond donors (Lipinski definition) is 1. The fourth-order valence-corrected chi connectivity index (χ4v) is 4.74. The number of nitrogens with one attached hydrogen (secondary N) is 1. The Morgan fingerprint density at radius 2 is 2.04 bits per heavy atom. The van der Waals surface area contributed by atoms with Gasteiger partial charge in [-0.25, -0.2) is 0 Å². The summed E-state index contributed by atoms with van der Waals surface area (Å²) in [5.41, 5.74) is 0. The minimum absolute atomic E-state index is 0. The second-order valence-corrected chi connectivity index (χ2v) is 10.8. The fraction of sp³-hybridized carbons (Fsp3) is 0.632. The molecule has 1 N–H and O–H groups in total. The lowest BCUT2D eigenvalue weighted by Crippen LogP contribution is -2.42. The van der Waals surface area contributed by atoms with E-state index in [1.54, 1.807) is 0 Å². The van der Waals surface area contributed by atoms with Crippen LogP contribution in [-0.4, -0.2) is 58.0 Å². The topological polar surface area (TPSA) is 44.7 Å². The van der Waals surface area contributed by atoms with Crippen molar-refractivity contribution in [2.24, 2.45) is 10.9 Å². The molecule has 1 aliphatic heterocycles. The molecule has 0 bridgehead atoms. The van der Waals surface area contributed by atoms with Gasteiger partial charge in [0.05, 0.1) is 0 Å². The Kier molecular flexibility index (Phi) is 10.5. The predicted molar refractivity (Wildman–Crippen MR) is 126 cm³/mol. The molecule has 2 unspecified atom stereocenters. The number of rotatable bonds is 6. The van der Waals surface area contributed by atoms with Crippen molar-refractivity contribution in [3.8, 4) is 0 Å². The zero-order valence-electron chi connectivity index (χ0n) is 16.2. The van der Waals surface area contributed by atoms with Gasteiger partial charge in [0.25, 0.3) is 0 Å². The predicted octanol–water partition coefficient (Wildman–Crippen LogP) is 3.84. The number of thioether (sulfide) groups is 1. The quantitative estimate of drug-likeness (QED) is 0.274. The standard InChI is InChI=1S/C19H31N3OS2.HI/c1-19(2,3)25(23)13-11-21-18(20-4)22-12-10-16(14-22)15-24-17-8-6-5-7-9-17;/h5-9,16H,10-15H2,1-4H3,(H,20,21);1H. The highest BCUT2D eigenvalue weighted by atomic mass is 127. The second kappa shape index (κ2) is 11.5. The summed E-state index contributed by atoms with van der Waals surface area (Å²) >= 11 is 1.94. The highest BCUT2D eigenvalue weighted by molar-refractivity contribution is 14.0. The van der Waals surface area contributed by atoms with Crippen LogP contribution in [0.15, 0.2) is 40.2 Å². The Balaban J connectivity index is 0.00000338. The zero-order valence-corrected chi connectivity index (χ0v) is 20.2. The molecule has 4 nitrogen and oxygen atoms in total. The van der Waals surface area contributed by atoms with Crippen LogP contribution in [0.4, 0.5) is 0 Å². The molecule has 0 radical (unpaired) electrons. The van der Waals surface area contributed by atoms with Gasteiger partial charge in [0, 0.05) is 58.6 Å². The largest absolute Gasteiger partial charge is 0.355 e. The SMILES string of the molecule is CN=C(NCCS(=O)C(C)(C)C)N1CCC(CSc2ccccc2)C1.I. The third kappa shape index (κ3) is 7.76. The molecule has 2 atom stereocenters. The minimum atomic E-state index is -0.828. The summed E-state index contributed by atoms with van der Waals surface area (Å²) < 4.78 is 12.0. The number of halogens is 1. The average Bonchev–Trinajstić information content (AvgIpc) is 3.05. The molecule has 1 aromatic carbocycles. The molecular formula is C19H32IN3OS2. The first-order chi connectivity index (χ1) is 11.9. The van der Waals surface area contributed by atoms with Gasteiger partial charge in [-0.1, -0.05) is 18.2 Å². The number of guanidine groups is 1. The van der Waals surface area contributed by atoms with Gasteiger partial charge in [-0.3, -0.25) is 9.20 Å². The van der Waals surface area contributed by atoms with Gasteiger partial charge >= 0.3 is 0 Å². The lowest BCUT2D eigenvalue weighted by atomic mass is 10.2. The smallest absolute Gasteiger partial charge is 0.193 e. The maximum Gasteiger partial charge on any atom is 0.193 e. The molecule has 7 heteroatoms. The molecule has 1 aliphatic rings.